The van der Waals surface area contributed by atoms with Crippen molar-refractivity contribution in [3.05, 3.63) is 60.9 Å². The van der Waals surface area contributed by atoms with Crippen molar-refractivity contribution in [3.63, 3.8) is 0 Å². The largest absolute Gasteiger partial charge is 0.368 e. The Hall–Kier alpha value is -3.55. The molecule has 2 aromatic heterocycles. The average Bonchev–Trinajstić information content (AvgIpc) is 2.67. The zero-order valence-electron chi connectivity index (χ0n) is 13.4. The Labute approximate surface area is 144 Å². The Bertz CT molecular complexity index is 811. The van der Waals surface area contributed by atoms with Gasteiger partial charge in [0.25, 0.3) is 5.95 Å². The fraction of sp³-hybridized carbons (Fsp3) is 0.118. The molecular formula is C17H17N7O. The Kier molecular flexibility index (Phi) is 5.44. The molecule has 0 atom stereocenters. The molecule has 0 aliphatic heterocycles. The van der Waals surface area contributed by atoms with E-state index < -0.39 is 6.03 Å². The number of rotatable bonds is 6. The van der Waals surface area contributed by atoms with Crippen LogP contribution in [0.4, 0.5) is 16.6 Å². The van der Waals surface area contributed by atoms with Crippen LogP contribution in [-0.4, -0.2) is 39.3 Å². The van der Waals surface area contributed by atoms with Crippen LogP contribution < -0.4 is 16.0 Å². The number of anilines is 2. The van der Waals surface area contributed by atoms with Gasteiger partial charge in [-0.05, 0) is 12.1 Å². The number of urea groups is 1. The third kappa shape index (κ3) is 4.96. The van der Waals surface area contributed by atoms with E-state index in [1.165, 1.54) is 0 Å². The first-order valence-corrected chi connectivity index (χ1v) is 7.76. The maximum absolute atomic E-state index is 11.9. The second-order valence-electron chi connectivity index (χ2n) is 5.05. The number of carbonyl (C=O) groups excluding carboxylic acids is 1. The van der Waals surface area contributed by atoms with Gasteiger partial charge in [-0.1, -0.05) is 36.4 Å². The molecular weight excluding hydrogens is 318 g/mol. The molecule has 3 N–H and O–H groups in total. The van der Waals surface area contributed by atoms with Crippen molar-refractivity contribution < 1.29 is 4.79 Å². The fourth-order valence-corrected chi connectivity index (χ4v) is 2.08. The predicted octanol–water partition coefficient (Wildman–Crippen LogP) is 2.17. The molecule has 0 spiro atoms. The summed E-state index contributed by atoms with van der Waals surface area (Å²) in [6, 6.07) is 14.8. The topological polar surface area (TPSA) is 105 Å². The van der Waals surface area contributed by atoms with Crippen molar-refractivity contribution in [2.24, 2.45) is 0 Å². The third-order valence-electron chi connectivity index (χ3n) is 3.24. The van der Waals surface area contributed by atoms with Crippen LogP contribution >= 0.6 is 0 Å². The molecule has 0 aliphatic carbocycles. The summed E-state index contributed by atoms with van der Waals surface area (Å²) < 4.78 is 0. The summed E-state index contributed by atoms with van der Waals surface area (Å²) in [5, 5.41) is 16.1. The van der Waals surface area contributed by atoms with Crippen molar-refractivity contribution in [1.29, 1.82) is 0 Å². The summed E-state index contributed by atoms with van der Waals surface area (Å²) in [5.74, 6) is 0.907. The van der Waals surface area contributed by atoms with Crippen LogP contribution in [0.1, 0.15) is 0 Å². The minimum Gasteiger partial charge on any atom is -0.368 e. The quantitative estimate of drug-likeness (QED) is 0.596. The lowest BCUT2D eigenvalue weighted by Crippen LogP contribution is -2.33. The molecule has 2 heterocycles. The fourth-order valence-electron chi connectivity index (χ4n) is 2.08. The first-order valence-electron chi connectivity index (χ1n) is 7.76. The van der Waals surface area contributed by atoms with Crippen molar-refractivity contribution in [1.82, 2.24) is 25.5 Å². The van der Waals surface area contributed by atoms with Crippen LogP contribution in [-0.2, 0) is 0 Å². The smallest absolute Gasteiger partial charge is 0.321 e. The van der Waals surface area contributed by atoms with Crippen LogP contribution in [0.2, 0.25) is 0 Å². The summed E-state index contributed by atoms with van der Waals surface area (Å²) in [6.45, 7) is 0.974. The number of amides is 2. The molecule has 0 unspecified atom stereocenters. The van der Waals surface area contributed by atoms with Crippen molar-refractivity contribution >= 4 is 17.8 Å². The van der Waals surface area contributed by atoms with Gasteiger partial charge in [-0.2, -0.15) is 5.10 Å². The molecule has 0 saturated heterocycles. The number of nitrogens with one attached hydrogen (secondary N) is 3. The molecule has 0 saturated carbocycles. The number of aromatic nitrogens is 4. The second-order valence-corrected chi connectivity index (χ2v) is 5.05. The Morgan fingerprint density at radius 3 is 2.64 bits per heavy atom. The number of carbonyl (C=O) groups is 1. The van der Waals surface area contributed by atoms with E-state index >= 15 is 0 Å². The predicted molar refractivity (Wildman–Crippen MR) is 95.0 cm³/mol. The monoisotopic (exact) mass is 335 g/mol. The van der Waals surface area contributed by atoms with E-state index in [1.807, 2.05) is 48.5 Å². The standard InChI is InChI=1S/C17H17N7O/c25-17(20-11-10-19-15-8-4-5-9-18-15)23-16-22-14(12-21-24-16)13-6-2-1-3-7-13/h1-9,12H,10-11H2,(H,18,19)(H2,20,22,23,24,25). The normalized spacial score (nSPS) is 10.1. The van der Waals surface area contributed by atoms with Gasteiger partial charge >= 0.3 is 6.03 Å². The zero-order valence-corrected chi connectivity index (χ0v) is 13.4. The van der Waals surface area contributed by atoms with E-state index in [2.05, 4.69) is 36.1 Å². The van der Waals surface area contributed by atoms with Gasteiger partial charge in [-0.25, -0.2) is 14.8 Å². The number of nitrogens with zero attached hydrogens (tertiary/aromatic N) is 4. The van der Waals surface area contributed by atoms with Crippen LogP contribution in [0.25, 0.3) is 11.3 Å². The zero-order chi connectivity index (χ0) is 17.3. The van der Waals surface area contributed by atoms with Gasteiger partial charge in [0, 0.05) is 24.8 Å². The summed E-state index contributed by atoms with van der Waals surface area (Å²) >= 11 is 0. The van der Waals surface area contributed by atoms with E-state index in [-0.39, 0.29) is 5.95 Å². The summed E-state index contributed by atoms with van der Waals surface area (Å²) in [4.78, 5) is 20.3. The first kappa shape index (κ1) is 16.3. The maximum atomic E-state index is 11.9. The Morgan fingerprint density at radius 2 is 1.84 bits per heavy atom. The molecule has 0 fully saturated rings. The maximum Gasteiger partial charge on any atom is 0.321 e. The molecule has 0 bridgehead atoms. The van der Waals surface area contributed by atoms with Gasteiger partial charge < -0.3 is 10.6 Å². The lowest BCUT2D eigenvalue weighted by atomic mass is 10.2. The number of hydrogen-bond donors (Lipinski definition) is 3. The summed E-state index contributed by atoms with van der Waals surface area (Å²) in [5.41, 5.74) is 1.54. The molecule has 1 aromatic carbocycles. The van der Waals surface area contributed by atoms with E-state index in [4.69, 9.17) is 0 Å². The molecule has 126 valence electrons. The van der Waals surface area contributed by atoms with Crippen molar-refractivity contribution in [3.8, 4) is 11.3 Å². The average molecular weight is 335 g/mol. The SMILES string of the molecule is O=C(NCCNc1ccccn1)Nc1nncc(-c2ccccc2)n1. The number of pyridine rings is 1. The van der Waals surface area contributed by atoms with E-state index in [9.17, 15) is 4.79 Å². The second kappa shape index (κ2) is 8.34. The van der Waals surface area contributed by atoms with Crippen LogP contribution in [0, 0.1) is 0 Å². The van der Waals surface area contributed by atoms with Crippen LogP contribution in [0.3, 0.4) is 0 Å². The highest BCUT2D eigenvalue weighted by Crippen LogP contribution is 2.15. The van der Waals surface area contributed by atoms with Gasteiger partial charge in [0.2, 0.25) is 0 Å². The third-order valence-corrected chi connectivity index (χ3v) is 3.24. The molecule has 8 nitrogen and oxygen atoms in total. The van der Waals surface area contributed by atoms with E-state index in [1.54, 1.807) is 12.4 Å². The lowest BCUT2D eigenvalue weighted by molar-refractivity contribution is 0.252. The molecule has 8 heteroatoms. The Morgan fingerprint density at radius 1 is 1.00 bits per heavy atom. The minimum absolute atomic E-state index is 0.150. The van der Waals surface area contributed by atoms with E-state index in [0.29, 0.717) is 18.8 Å². The van der Waals surface area contributed by atoms with Crippen molar-refractivity contribution in [2.45, 2.75) is 0 Å². The van der Waals surface area contributed by atoms with Gasteiger partial charge in [0.15, 0.2) is 0 Å². The van der Waals surface area contributed by atoms with Gasteiger partial charge in [0.05, 0.1) is 11.9 Å². The molecule has 3 aromatic rings. The minimum atomic E-state index is -0.394. The van der Waals surface area contributed by atoms with Gasteiger partial charge in [0.1, 0.15) is 5.82 Å². The highest BCUT2D eigenvalue weighted by Gasteiger charge is 2.06. The molecule has 2 amide bonds. The summed E-state index contributed by atoms with van der Waals surface area (Å²) in [6.07, 6.45) is 3.25. The van der Waals surface area contributed by atoms with Crippen LogP contribution in [0.15, 0.2) is 60.9 Å². The molecule has 25 heavy (non-hydrogen) atoms. The highest BCUT2D eigenvalue weighted by atomic mass is 16.2. The van der Waals surface area contributed by atoms with E-state index in [0.717, 1.165) is 11.4 Å². The van der Waals surface area contributed by atoms with Gasteiger partial charge in [-0.15, -0.1) is 5.10 Å². The lowest BCUT2D eigenvalue weighted by Gasteiger charge is -2.08. The molecule has 0 radical (unpaired) electrons. The highest BCUT2D eigenvalue weighted by molar-refractivity contribution is 5.87. The molecule has 3 rings (SSSR count). The van der Waals surface area contributed by atoms with Gasteiger partial charge in [-0.3, -0.25) is 5.32 Å². The molecule has 0 aliphatic rings. The summed E-state index contributed by atoms with van der Waals surface area (Å²) in [7, 11) is 0. The first-order chi connectivity index (χ1) is 12.3. The number of hydrogen-bond acceptors (Lipinski definition) is 6. The Balaban J connectivity index is 1.48. The van der Waals surface area contributed by atoms with Crippen LogP contribution in [0.5, 0.6) is 0 Å². The number of benzene rings is 1. The van der Waals surface area contributed by atoms with Crippen molar-refractivity contribution in [2.75, 3.05) is 23.7 Å².